The van der Waals surface area contributed by atoms with Crippen LogP contribution >= 0.6 is 0 Å². The number of nitrogens with zero attached hydrogens (tertiary/aromatic N) is 2. The Labute approximate surface area is 159 Å². The summed E-state index contributed by atoms with van der Waals surface area (Å²) in [5.41, 5.74) is 2.07. The number of ether oxygens (including phenoxy) is 1. The van der Waals surface area contributed by atoms with Gasteiger partial charge in [-0.15, -0.1) is 0 Å². The second kappa shape index (κ2) is 9.07. The van der Waals surface area contributed by atoms with E-state index in [0.717, 1.165) is 18.7 Å². The number of alkyl carbamates (subject to hydrolysis) is 1. The van der Waals surface area contributed by atoms with Crippen LogP contribution in [0.4, 0.5) is 10.5 Å². The summed E-state index contributed by atoms with van der Waals surface area (Å²) < 4.78 is 5.18. The molecule has 2 aromatic carbocycles. The zero-order chi connectivity index (χ0) is 19.1. The molecule has 1 saturated heterocycles. The fourth-order valence-corrected chi connectivity index (χ4v) is 3.10. The van der Waals surface area contributed by atoms with Gasteiger partial charge < -0.3 is 19.9 Å². The van der Waals surface area contributed by atoms with Crippen LogP contribution in [0, 0.1) is 0 Å². The van der Waals surface area contributed by atoms with E-state index in [0.29, 0.717) is 13.1 Å². The zero-order valence-electron chi connectivity index (χ0n) is 15.5. The predicted octanol–water partition coefficient (Wildman–Crippen LogP) is 2.65. The molecule has 27 heavy (non-hydrogen) atoms. The maximum absolute atomic E-state index is 12.6. The second-order valence-corrected chi connectivity index (χ2v) is 6.58. The van der Waals surface area contributed by atoms with Crippen LogP contribution in [0.5, 0.6) is 0 Å². The number of carbonyl (C=O) groups excluding carboxylic acids is 2. The Hall–Kier alpha value is -3.02. The Balaban J connectivity index is 1.43. The SMILES string of the molecule is C[C@H](NC(=O)OCc1ccccc1)C(=O)N1CCN(c2ccccc2)CC1. The Morgan fingerprint density at radius 1 is 0.963 bits per heavy atom. The van der Waals surface area contributed by atoms with Crippen molar-refractivity contribution in [1.29, 1.82) is 0 Å². The van der Waals surface area contributed by atoms with Crippen molar-refractivity contribution in [3.63, 3.8) is 0 Å². The van der Waals surface area contributed by atoms with Gasteiger partial charge in [-0.25, -0.2) is 4.79 Å². The minimum absolute atomic E-state index is 0.0839. The van der Waals surface area contributed by atoms with Crippen molar-refractivity contribution in [3.8, 4) is 0 Å². The molecule has 2 amide bonds. The maximum atomic E-state index is 12.6. The molecule has 1 heterocycles. The summed E-state index contributed by atoms with van der Waals surface area (Å²) >= 11 is 0. The Morgan fingerprint density at radius 2 is 1.56 bits per heavy atom. The third kappa shape index (κ3) is 5.23. The molecule has 0 radical (unpaired) electrons. The minimum Gasteiger partial charge on any atom is -0.445 e. The molecular weight excluding hydrogens is 342 g/mol. The molecule has 1 aliphatic rings. The number of para-hydroxylation sites is 1. The summed E-state index contributed by atoms with van der Waals surface area (Å²) in [5, 5.41) is 2.62. The third-order valence-corrected chi connectivity index (χ3v) is 4.63. The summed E-state index contributed by atoms with van der Waals surface area (Å²) in [6, 6.07) is 19.0. The second-order valence-electron chi connectivity index (χ2n) is 6.58. The van der Waals surface area contributed by atoms with Gasteiger partial charge in [0.25, 0.3) is 0 Å². The molecule has 6 heteroatoms. The van der Waals surface area contributed by atoms with Crippen molar-refractivity contribution >= 4 is 17.7 Å². The normalized spacial score (nSPS) is 15.1. The van der Waals surface area contributed by atoms with Gasteiger partial charge in [0, 0.05) is 31.9 Å². The molecule has 1 N–H and O–H groups in total. The number of hydrogen-bond donors (Lipinski definition) is 1. The van der Waals surface area contributed by atoms with Gasteiger partial charge in [0.05, 0.1) is 0 Å². The number of benzene rings is 2. The van der Waals surface area contributed by atoms with Crippen LogP contribution in [0.1, 0.15) is 12.5 Å². The molecule has 142 valence electrons. The fraction of sp³-hybridized carbons (Fsp3) is 0.333. The first-order chi connectivity index (χ1) is 13.1. The first kappa shape index (κ1) is 18.8. The highest BCUT2D eigenvalue weighted by Gasteiger charge is 2.26. The Morgan fingerprint density at radius 3 is 2.19 bits per heavy atom. The molecule has 0 spiro atoms. The summed E-state index contributed by atoms with van der Waals surface area (Å²) in [6.45, 7) is 4.71. The smallest absolute Gasteiger partial charge is 0.408 e. The van der Waals surface area contributed by atoms with Crippen molar-refractivity contribution in [2.45, 2.75) is 19.6 Å². The van der Waals surface area contributed by atoms with Crippen LogP contribution in [-0.2, 0) is 16.1 Å². The summed E-state index contributed by atoms with van der Waals surface area (Å²) in [7, 11) is 0. The largest absolute Gasteiger partial charge is 0.445 e. The molecule has 0 unspecified atom stereocenters. The fourth-order valence-electron chi connectivity index (χ4n) is 3.10. The molecule has 1 fully saturated rings. The first-order valence-electron chi connectivity index (χ1n) is 9.19. The Kier molecular flexibility index (Phi) is 6.30. The molecular formula is C21H25N3O3. The third-order valence-electron chi connectivity index (χ3n) is 4.63. The van der Waals surface area contributed by atoms with E-state index < -0.39 is 12.1 Å². The monoisotopic (exact) mass is 367 g/mol. The molecule has 2 aromatic rings. The number of rotatable bonds is 5. The van der Waals surface area contributed by atoms with Gasteiger partial charge in [0.1, 0.15) is 12.6 Å². The number of piperazine rings is 1. The van der Waals surface area contributed by atoms with Crippen LogP contribution in [0.2, 0.25) is 0 Å². The molecule has 1 atom stereocenters. The van der Waals surface area contributed by atoms with Gasteiger partial charge in [-0.3, -0.25) is 4.79 Å². The first-order valence-corrected chi connectivity index (χ1v) is 9.19. The summed E-state index contributed by atoms with van der Waals surface area (Å²) in [5.74, 6) is -0.0839. The zero-order valence-corrected chi connectivity index (χ0v) is 15.5. The molecule has 0 saturated carbocycles. The lowest BCUT2D eigenvalue weighted by molar-refractivity contribution is -0.133. The van der Waals surface area contributed by atoms with Crippen molar-refractivity contribution in [1.82, 2.24) is 10.2 Å². The standard InChI is InChI=1S/C21H25N3O3/c1-17(22-21(26)27-16-18-8-4-2-5-9-18)20(25)24-14-12-23(13-15-24)19-10-6-3-7-11-19/h2-11,17H,12-16H2,1H3,(H,22,26)/t17-/m0/s1. The number of nitrogens with one attached hydrogen (secondary N) is 1. The van der Waals surface area contributed by atoms with Gasteiger partial charge in [-0.1, -0.05) is 48.5 Å². The van der Waals surface area contributed by atoms with E-state index in [9.17, 15) is 9.59 Å². The molecule has 6 nitrogen and oxygen atoms in total. The van der Waals surface area contributed by atoms with Crippen molar-refractivity contribution in [2.24, 2.45) is 0 Å². The van der Waals surface area contributed by atoms with E-state index in [2.05, 4.69) is 22.3 Å². The molecule has 0 bridgehead atoms. The lowest BCUT2D eigenvalue weighted by Gasteiger charge is -2.37. The van der Waals surface area contributed by atoms with E-state index in [4.69, 9.17) is 4.74 Å². The number of carbonyl (C=O) groups is 2. The molecule has 3 rings (SSSR count). The highest BCUT2D eigenvalue weighted by molar-refractivity contribution is 5.85. The molecule has 0 aromatic heterocycles. The van der Waals surface area contributed by atoms with Crippen LogP contribution < -0.4 is 10.2 Å². The van der Waals surface area contributed by atoms with Crippen molar-refractivity contribution in [3.05, 3.63) is 66.2 Å². The van der Waals surface area contributed by atoms with E-state index in [1.165, 1.54) is 5.69 Å². The van der Waals surface area contributed by atoms with Crippen LogP contribution in [0.25, 0.3) is 0 Å². The quantitative estimate of drug-likeness (QED) is 0.883. The average Bonchev–Trinajstić information content (AvgIpc) is 2.73. The molecule has 1 aliphatic heterocycles. The highest BCUT2D eigenvalue weighted by atomic mass is 16.5. The predicted molar refractivity (Wildman–Crippen MR) is 104 cm³/mol. The van der Waals surface area contributed by atoms with Gasteiger partial charge in [0.15, 0.2) is 0 Å². The topological polar surface area (TPSA) is 61.9 Å². The Bertz CT molecular complexity index is 744. The van der Waals surface area contributed by atoms with Crippen LogP contribution in [-0.4, -0.2) is 49.1 Å². The van der Waals surface area contributed by atoms with E-state index in [-0.39, 0.29) is 12.5 Å². The number of amides is 2. The van der Waals surface area contributed by atoms with Crippen LogP contribution in [0.3, 0.4) is 0 Å². The van der Waals surface area contributed by atoms with Crippen molar-refractivity contribution in [2.75, 3.05) is 31.1 Å². The van der Waals surface area contributed by atoms with Gasteiger partial charge in [-0.2, -0.15) is 0 Å². The van der Waals surface area contributed by atoms with Gasteiger partial charge in [-0.05, 0) is 24.6 Å². The summed E-state index contributed by atoms with van der Waals surface area (Å²) in [4.78, 5) is 28.6. The van der Waals surface area contributed by atoms with Gasteiger partial charge >= 0.3 is 6.09 Å². The lowest BCUT2D eigenvalue weighted by Crippen LogP contribution is -2.54. The van der Waals surface area contributed by atoms with E-state index in [1.807, 2.05) is 48.5 Å². The maximum Gasteiger partial charge on any atom is 0.408 e. The van der Waals surface area contributed by atoms with E-state index >= 15 is 0 Å². The number of hydrogen-bond acceptors (Lipinski definition) is 4. The van der Waals surface area contributed by atoms with E-state index in [1.54, 1.807) is 11.8 Å². The lowest BCUT2D eigenvalue weighted by atomic mass is 10.2. The average molecular weight is 367 g/mol. The van der Waals surface area contributed by atoms with Crippen LogP contribution in [0.15, 0.2) is 60.7 Å². The van der Waals surface area contributed by atoms with Crippen molar-refractivity contribution < 1.29 is 14.3 Å². The minimum atomic E-state index is -0.614. The molecule has 0 aliphatic carbocycles. The summed E-state index contributed by atoms with van der Waals surface area (Å²) in [6.07, 6.45) is -0.581. The number of anilines is 1. The van der Waals surface area contributed by atoms with Gasteiger partial charge in [0.2, 0.25) is 5.91 Å². The highest BCUT2D eigenvalue weighted by Crippen LogP contribution is 2.16.